The number of carbonyl (C=O) groups is 1. The highest BCUT2D eigenvalue weighted by Gasteiger charge is 2.11. The van der Waals surface area contributed by atoms with Crippen LogP contribution in [-0.4, -0.2) is 18.2 Å². The van der Waals surface area contributed by atoms with Gasteiger partial charge in [-0.3, -0.25) is 0 Å². The van der Waals surface area contributed by atoms with Gasteiger partial charge >= 0.3 is 5.97 Å². The van der Waals surface area contributed by atoms with Gasteiger partial charge in [0.1, 0.15) is 11.5 Å². The maximum Gasteiger partial charge on any atom is 0.371 e. The van der Waals surface area contributed by atoms with E-state index >= 15 is 0 Å². The molecule has 2 rings (SSSR count). The molecule has 17 heavy (non-hydrogen) atoms. The zero-order chi connectivity index (χ0) is 12.4. The molecule has 3 N–H and O–H groups in total. The summed E-state index contributed by atoms with van der Waals surface area (Å²) in [6, 6.07) is 8.11. The minimum atomic E-state index is -1.10. The van der Waals surface area contributed by atoms with Gasteiger partial charge in [0.15, 0.2) is 0 Å². The Morgan fingerprint density at radius 3 is 2.65 bits per heavy atom. The average Bonchev–Trinajstić information content (AvgIpc) is 2.78. The molecule has 0 bridgehead atoms. The van der Waals surface area contributed by atoms with Crippen molar-refractivity contribution in [1.29, 1.82) is 0 Å². The zero-order valence-corrected chi connectivity index (χ0v) is 9.14. The van der Waals surface area contributed by atoms with Crippen LogP contribution in [0, 0.1) is 0 Å². The lowest BCUT2D eigenvalue weighted by molar-refractivity contribution is 0.0663. The maximum atomic E-state index is 10.7. The Morgan fingerprint density at radius 2 is 2.12 bits per heavy atom. The summed E-state index contributed by atoms with van der Waals surface area (Å²) in [6.07, 6.45) is 0. The highest BCUT2D eigenvalue weighted by atomic mass is 16.5. The van der Waals surface area contributed by atoms with Crippen LogP contribution in [0.1, 0.15) is 10.6 Å². The van der Waals surface area contributed by atoms with Gasteiger partial charge in [-0.25, -0.2) is 4.79 Å². The Labute approximate surface area is 97.4 Å². The molecule has 0 saturated carbocycles. The first kappa shape index (κ1) is 11.1. The van der Waals surface area contributed by atoms with Gasteiger partial charge in [-0.15, -0.1) is 0 Å². The SMILES string of the molecule is COc1ccc(-c2ccc(C(=O)O)o2)cc1N. The Kier molecular flexibility index (Phi) is 2.74. The molecule has 5 heteroatoms. The molecule has 0 atom stereocenters. The molecule has 0 saturated heterocycles. The molecule has 0 unspecified atom stereocenters. The maximum absolute atomic E-state index is 10.7. The lowest BCUT2D eigenvalue weighted by Crippen LogP contribution is -1.93. The van der Waals surface area contributed by atoms with Crippen LogP contribution in [0.25, 0.3) is 11.3 Å². The van der Waals surface area contributed by atoms with Crippen LogP contribution in [0.5, 0.6) is 5.75 Å². The third-order valence-electron chi connectivity index (χ3n) is 2.33. The van der Waals surface area contributed by atoms with Crippen molar-refractivity contribution in [2.45, 2.75) is 0 Å². The number of methoxy groups -OCH3 is 1. The van der Waals surface area contributed by atoms with Gasteiger partial charge in [-0.05, 0) is 30.3 Å². The summed E-state index contributed by atoms with van der Waals surface area (Å²) >= 11 is 0. The van der Waals surface area contributed by atoms with E-state index < -0.39 is 5.97 Å². The molecule has 0 aliphatic heterocycles. The van der Waals surface area contributed by atoms with E-state index in [2.05, 4.69) is 0 Å². The molecule has 0 amide bonds. The van der Waals surface area contributed by atoms with Crippen molar-refractivity contribution < 1.29 is 19.1 Å². The molecule has 0 spiro atoms. The van der Waals surface area contributed by atoms with Gasteiger partial charge in [-0.2, -0.15) is 0 Å². The van der Waals surface area contributed by atoms with Crippen LogP contribution in [0.3, 0.4) is 0 Å². The van der Waals surface area contributed by atoms with Crippen LogP contribution in [-0.2, 0) is 0 Å². The summed E-state index contributed by atoms with van der Waals surface area (Å²) in [5.41, 5.74) is 6.93. The number of nitrogens with two attached hydrogens (primary N) is 1. The summed E-state index contributed by atoms with van der Waals surface area (Å²) in [7, 11) is 1.53. The van der Waals surface area contributed by atoms with Crippen LogP contribution in [0.15, 0.2) is 34.7 Å². The molecule has 0 aliphatic carbocycles. The predicted octanol–water partition coefficient (Wildman–Crippen LogP) is 2.24. The second-order valence-corrected chi connectivity index (χ2v) is 3.43. The minimum Gasteiger partial charge on any atom is -0.495 e. The van der Waals surface area contributed by atoms with Crippen molar-refractivity contribution in [2.24, 2.45) is 0 Å². The van der Waals surface area contributed by atoms with Crippen LogP contribution in [0.2, 0.25) is 0 Å². The molecular formula is C12H11NO4. The van der Waals surface area contributed by atoms with E-state index in [1.54, 1.807) is 24.3 Å². The lowest BCUT2D eigenvalue weighted by Gasteiger charge is -2.05. The normalized spacial score (nSPS) is 10.2. The Balaban J connectivity index is 2.39. The average molecular weight is 233 g/mol. The minimum absolute atomic E-state index is 0.102. The first-order valence-electron chi connectivity index (χ1n) is 4.89. The Hall–Kier alpha value is -2.43. The largest absolute Gasteiger partial charge is 0.495 e. The van der Waals surface area contributed by atoms with Crippen molar-refractivity contribution >= 4 is 11.7 Å². The van der Waals surface area contributed by atoms with Crippen molar-refractivity contribution in [3.8, 4) is 17.1 Å². The molecular weight excluding hydrogens is 222 g/mol. The number of furan rings is 1. The monoisotopic (exact) mass is 233 g/mol. The molecule has 1 heterocycles. The first-order chi connectivity index (χ1) is 8.11. The van der Waals surface area contributed by atoms with Gasteiger partial charge in [0.2, 0.25) is 5.76 Å². The summed E-state index contributed by atoms with van der Waals surface area (Å²) in [4.78, 5) is 10.7. The second kappa shape index (κ2) is 4.21. The number of hydrogen-bond acceptors (Lipinski definition) is 4. The summed E-state index contributed by atoms with van der Waals surface area (Å²) in [5.74, 6) is -0.178. The molecule has 1 aromatic heterocycles. The fourth-order valence-electron chi connectivity index (χ4n) is 1.50. The zero-order valence-electron chi connectivity index (χ0n) is 9.14. The quantitative estimate of drug-likeness (QED) is 0.794. The number of carboxylic acids is 1. The third kappa shape index (κ3) is 2.08. The highest BCUT2D eigenvalue weighted by Crippen LogP contribution is 2.29. The number of anilines is 1. The Bertz CT molecular complexity index is 559. The van der Waals surface area contributed by atoms with Crippen molar-refractivity contribution in [3.63, 3.8) is 0 Å². The van der Waals surface area contributed by atoms with Crippen LogP contribution >= 0.6 is 0 Å². The van der Waals surface area contributed by atoms with Crippen LogP contribution < -0.4 is 10.5 Å². The summed E-state index contributed by atoms with van der Waals surface area (Å²) in [6.45, 7) is 0. The van der Waals surface area contributed by atoms with E-state index in [4.69, 9.17) is 20.0 Å². The number of aromatic carboxylic acids is 1. The molecule has 1 aromatic carbocycles. The smallest absolute Gasteiger partial charge is 0.371 e. The fraction of sp³-hybridized carbons (Fsp3) is 0.0833. The Morgan fingerprint density at radius 1 is 1.35 bits per heavy atom. The molecule has 88 valence electrons. The van der Waals surface area contributed by atoms with E-state index in [9.17, 15) is 4.79 Å². The topological polar surface area (TPSA) is 85.7 Å². The molecule has 0 fully saturated rings. The van der Waals surface area contributed by atoms with E-state index in [-0.39, 0.29) is 5.76 Å². The molecule has 2 aromatic rings. The number of rotatable bonds is 3. The number of carboxylic acid groups (broad SMARTS) is 1. The van der Waals surface area contributed by atoms with Gasteiger partial charge in [0, 0.05) is 5.56 Å². The van der Waals surface area contributed by atoms with E-state index in [0.29, 0.717) is 22.8 Å². The second-order valence-electron chi connectivity index (χ2n) is 3.43. The van der Waals surface area contributed by atoms with E-state index in [1.165, 1.54) is 13.2 Å². The highest BCUT2D eigenvalue weighted by molar-refractivity contribution is 5.85. The lowest BCUT2D eigenvalue weighted by atomic mass is 10.1. The van der Waals surface area contributed by atoms with E-state index in [1.807, 2.05) is 0 Å². The van der Waals surface area contributed by atoms with Gasteiger partial charge in [0.05, 0.1) is 12.8 Å². The van der Waals surface area contributed by atoms with Crippen molar-refractivity contribution in [1.82, 2.24) is 0 Å². The van der Waals surface area contributed by atoms with E-state index in [0.717, 1.165) is 0 Å². The van der Waals surface area contributed by atoms with Crippen molar-refractivity contribution in [2.75, 3.05) is 12.8 Å². The standard InChI is InChI=1S/C12H11NO4/c1-16-10-3-2-7(6-8(10)13)9-4-5-11(17-9)12(14)15/h2-6H,13H2,1H3,(H,14,15). The number of hydrogen-bond donors (Lipinski definition) is 2. The molecule has 0 radical (unpaired) electrons. The molecule has 0 aliphatic rings. The van der Waals surface area contributed by atoms with Crippen molar-refractivity contribution in [3.05, 3.63) is 36.1 Å². The summed E-state index contributed by atoms with van der Waals surface area (Å²) < 4.78 is 10.2. The third-order valence-corrected chi connectivity index (χ3v) is 2.33. The number of nitrogen functional groups attached to an aromatic ring is 1. The number of ether oxygens (including phenoxy) is 1. The first-order valence-corrected chi connectivity index (χ1v) is 4.89. The van der Waals surface area contributed by atoms with Gasteiger partial charge < -0.3 is 20.0 Å². The van der Waals surface area contributed by atoms with Gasteiger partial charge in [0.25, 0.3) is 0 Å². The number of benzene rings is 1. The predicted molar refractivity (Wildman–Crippen MR) is 62.1 cm³/mol. The van der Waals surface area contributed by atoms with Crippen LogP contribution in [0.4, 0.5) is 5.69 Å². The molecule has 5 nitrogen and oxygen atoms in total. The fourth-order valence-corrected chi connectivity index (χ4v) is 1.50. The summed E-state index contributed by atoms with van der Waals surface area (Å²) in [5, 5.41) is 8.74. The van der Waals surface area contributed by atoms with Gasteiger partial charge in [-0.1, -0.05) is 0 Å².